The van der Waals surface area contributed by atoms with E-state index in [2.05, 4.69) is 14.6 Å². The molecule has 1 aromatic heterocycles. The fourth-order valence-electron chi connectivity index (χ4n) is 0.984. The van der Waals surface area contributed by atoms with E-state index in [4.69, 9.17) is 0 Å². The van der Waals surface area contributed by atoms with Crippen LogP contribution in [0.5, 0.6) is 5.88 Å². The molecule has 1 amide bonds. The molecule has 5 nitrogen and oxygen atoms in total. The first-order chi connectivity index (χ1) is 7.56. The molecule has 7 heteroatoms. The molecule has 0 saturated heterocycles. The molecule has 0 saturated carbocycles. The second-order valence-corrected chi connectivity index (χ2v) is 2.72. The lowest BCUT2D eigenvalue weighted by molar-refractivity contribution is -0.0774. The van der Waals surface area contributed by atoms with Gasteiger partial charge in [0.1, 0.15) is 5.56 Å². The van der Waals surface area contributed by atoms with Crippen molar-refractivity contribution in [3.63, 3.8) is 0 Å². The van der Waals surface area contributed by atoms with Gasteiger partial charge < -0.3 is 4.74 Å². The minimum atomic E-state index is -3.03. The predicted molar refractivity (Wildman–Crippen MR) is 50.0 cm³/mol. The Labute approximate surface area is 90.5 Å². The number of carbonyl (C=O) groups is 1. The lowest BCUT2D eigenvalue weighted by Gasteiger charge is -2.15. The SMILES string of the molecule is CON(C)C(=O)c1cccnc1OC(F)F. The highest BCUT2D eigenvalue weighted by atomic mass is 19.3. The Hall–Kier alpha value is -1.76. The number of ether oxygens (including phenoxy) is 1. The summed E-state index contributed by atoms with van der Waals surface area (Å²) in [6.07, 6.45) is 1.25. The minimum absolute atomic E-state index is 0.0906. The molecule has 0 fully saturated rings. The normalized spacial score (nSPS) is 10.3. The summed E-state index contributed by atoms with van der Waals surface area (Å²) in [7, 11) is 2.63. The molecule has 0 unspecified atom stereocenters. The largest absolute Gasteiger partial charge is 0.416 e. The molecule has 0 aromatic carbocycles. The van der Waals surface area contributed by atoms with Crippen molar-refractivity contribution in [2.75, 3.05) is 14.2 Å². The second-order valence-electron chi connectivity index (χ2n) is 2.72. The zero-order chi connectivity index (χ0) is 12.1. The molecule has 0 aliphatic carbocycles. The van der Waals surface area contributed by atoms with Crippen LogP contribution >= 0.6 is 0 Å². The first-order valence-electron chi connectivity index (χ1n) is 4.28. The number of halogens is 2. The van der Waals surface area contributed by atoms with Gasteiger partial charge in [-0.1, -0.05) is 0 Å². The molecular formula is C9H10F2N2O3. The van der Waals surface area contributed by atoms with Gasteiger partial charge in [0.25, 0.3) is 5.91 Å². The highest BCUT2D eigenvalue weighted by molar-refractivity contribution is 5.95. The summed E-state index contributed by atoms with van der Waals surface area (Å²) in [5.74, 6) is -1.04. The highest BCUT2D eigenvalue weighted by Crippen LogP contribution is 2.18. The van der Waals surface area contributed by atoms with Crippen LogP contribution in [0.25, 0.3) is 0 Å². The standard InChI is InChI=1S/C9H10F2N2O3/c1-13(15-2)8(14)6-4-3-5-12-7(6)16-9(10)11/h3-5,9H,1-2H3. The monoisotopic (exact) mass is 232 g/mol. The van der Waals surface area contributed by atoms with Crippen LogP contribution in [0.3, 0.4) is 0 Å². The first-order valence-corrected chi connectivity index (χ1v) is 4.28. The van der Waals surface area contributed by atoms with Crippen molar-refractivity contribution in [1.82, 2.24) is 10.0 Å². The molecule has 0 atom stereocenters. The summed E-state index contributed by atoms with van der Waals surface area (Å²) in [6.45, 7) is -3.03. The van der Waals surface area contributed by atoms with Crippen molar-refractivity contribution in [2.24, 2.45) is 0 Å². The average molecular weight is 232 g/mol. The third-order valence-corrected chi connectivity index (χ3v) is 1.76. The smallest absolute Gasteiger partial charge is 0.388 e. The number of hydrogen-bond acceptors (Lipinski definition) is 4. The molecule has 1 heterocycles. The van der Waals surface area contributed by atoms with Gasteiger partial charge in [-0.15, -0.1) is 0 Å². The first kappa shape index (κ1) is 12.3. The highest BCUT2D eigenvalue weighted by Gasteiger charge is 2.19. The van der Waals surface area contributed by atoms with E-state index in [9.17, 15) is 13.6 Å². The molecule has 0 radical (unpaired) electrons. The molecule has 0 bridgehead atoms. The van der Waals surface area contributed by atoms with Gasteiger partial charge in [-0.2, -0.15) is 8.78 Å². The Bertz CT molecular complexity index is 374. The van der Waals surface area contributed by atoms with Crippen LogP contribution in [0.1, 0.15) is 10.4 Å². The van der Waals surface area contributed by atoms with E-state index in [0.29, 0.717) is 0 Å². The molecule has 1 rings (SSSR count). The van der Waals surface area contributed by atoms with Crippen molar-refractivity contribution in [1.29, 1.82) is 0 Å². The lowest BCUT2D eigenvalue weighted by Crippen LogP contribution is -2.26. The Balaban J connectivity index is 2.98. The molecule has 0 aliphatic rings. The number of carbonyl (C=O) groups excluding carboxylic acids is 1. The zero-order valence-electron chi connectivity index (χ0n) is 8.68. The number of alkyl halides is 2. The van der Waals surface area contributed by atoms with Crippen LogP contribution in [-0.4, -0.2) is 36.7 Å². The summed E-state index contributed by atoms with van der Waals surface area (Å²) in [5, 5.41) is 0.884. The van der Waals surface area contributed by atoms with Crippen LogP contribution in [0, 0.1) is 0 Å². The molecular weight excluding hydrogens is 222 g/mol. The van der Waals surface area contributed by atoms with E-state index in [1.165, 1.54) is 32.5 Å². The zero-order valence-corrected chi connectivity index (χ0v) is 8.68. The van der Waals surface area contributed by atoms with Crippen molar-refractivity contribution < 1.29 is 23.1 Å². The van der Waals surface area contributed by atoms with Crippen LogP contribution in [0.2, 0.25) is 0 Å². The number of nitrogens with zero attached hydrogens (tertiary/aromatic N) is 2. The third-order valence-electron chi connectivity index (χ3n) is 1.76. The molecule has 16 heavy (non-hydrogen) atoms. The number of pyridine rings is 1. The second kappa shape index (κ2) is 5.36. The molecule has 88 valence electrons. The summed E-state index contributed by atoms with van der Waals surface area (Å²) >= 11 is 0. The number of hydrogen-bond donors (Lipinski definition) is 0. The van der Waals surface area contributed by atoms with E-state index in [1.807, 2.05) is 0 Å². The number of aromatic nitrogens is 1. The maximum atomic E-state index is 12.0. The maximum Gasteiger partial charge on any atom is 0.388 e. The molecule has 0 spiro atoms. The summed E-state index contributed by atoms with van der Waals surface area (Å²) in [5.41, 5.74) is -0.0906. The predicted octanol–water partition coefficient (Wildman–Crippen LogP) is 1.32. The molecule has 1 aromatic rings. The Morgan fingerprint density at radius 2 is 2.25 bits per heavy atom. The number of rotatable bonds is 4. The lowest BCUT2D eigenvalue weighted by atomic mass is 10.2. The maximum absolute atomic E-state index is 12.0. The van der Waals surface area contributed by atoms with Gasteiger partial charge in [0.05, 0.1) is 7.11 Å². The Morgan fingerprint density at radius 1 is 1.56 bits per heavy atom. The number of amides is 1. The fourth-order valence-corrected chi connectivity index (χ4v) is 0.984. The van der Waals surface area contributed by atoms with Crippen LogP contribution in [0.4, 0.5) is 8.78 Å². The van der Waals surface area contributed by atoms with Gasteiger partial charge in [0, 0.05) is 13.2 Å². The van der Waals surface area contributed by atoms with Gasteiger partial charge in [0.2, 0.25) is 5.88 Å². The van der Waals surface area contributed by atoms with Crippen molar-refractivity contribution in [3.05, 3.63) is 23.9 Å². The van der Waals surface area contributed by atoms with Gasteiger partial charge in [-0.25, -0.2) is 10.0 Å². The van der Waals surface area contributed by atoms with E-state index in [-0.39, 0.29) is 5.56 Å². The van der Waals surface area contributed by atoms with E-state index in [0.717, 1.165) is 5.06 Å². The Kier molecular flexibility index (Phi) is 4.12. The van der Waals surface area contributed by atoms with E-state index < -0.39 is 18.4 Å². The van der Waals surface area contributed by atoms with Gasteiger partial charge >= 0.3 is 6.61 Å². The average Bonchev–Trinajstić information content (AvgIpc) is 2.27. The van der Waals surface area contributed by atoms with Crippen molar-refractivity contribution in [3.8, 4) is 5.88 Å². The van der Waals surface area contributed by atoms with Gasteiger partial charge in [-0.3, -0.25) is 9.63 Å². The van der Waals surface area contributed by atoms with Gasteiger partial charge in [-0.05, 0) is 12.1 Å². The quantitative estimate of drug-likeness (QED) is 0.734. The minimum Gasteiger partial charge on any atom is -0.416 e. The van der Waals surface area contributed by atoms with Crippen molar-refractivity contribution >= 4 is 5.91 Å². The summed E-state index contributed by atoms with van der Waals surface area (Å²) < 4.78 is 28.2. The molecule has 0 aliphatic heterocycles. The van der Waals surface area contributed by atoms with Gasteiger partial charge in [0.15, 0.2) is 0 Å². The Morgan fingerprint density at radius 3 is 2.81 bits per heavy atom. The van der Waals surface area contributed by atoms with Crippen LogP contribution in [0.15, 0.2) is 18.3 Å². The van der Waals surface area contributed by atoms with Crippen molar-refractivity contribution in [2.45, 2.75) is 6.61 Å². The third kappa shape index (κ3) is 2.86. The topological polar surface area (TPSA) is 51.7 Å². The summed E-state index contributed by atoms with van der Waals surface area (Å²) in [6, 6.07) is 2.76. The summed E-state index contributed by atoms with van der Waals surface area (Å²) in [4.78, 5) is 19.8. The number of hydroxylamine groups is 2. The molecule has 0 N–H and O–H groups in total. The van der Waals surface area contributed by atoms with E-state index in [1.54, 1.807) is 0 Å². The fraction of sp³-hybridized carbons (Fsp3) is 0.333. The van der Waals surface area contributed by atoms with Crippen LogP contribution < -0.4 is 4.74 Å². The van der Waals surface area contributed by atoms with E-state index >= 15 is 0 Å². The van der Waals surface area contributed by atoms with Crippen LogP contribution in [-0.2, 0) is 4.84 Å².